The van der Waals surface area contributed by atoms with Gasteiger partial charge in [0.1, 0.15) is 0 Å². The molecule has 190 valence electrons. The van der Waals surface area contributed by atoms with Gasteiger partial charge in [-0.3, -0.25) is 5.32 Å². The molecule has 4 N–H and O–H groups in total. The van der Waals surface area contributed by atoms with Gasteiger partial charge < -0.3 is 15.6 Å². The van der Waals surface area contributed by atoms with Crippen molar-refractivity contribution in [2.24, 2.45) is 5.73 Å². The Morgan fingerprint density at radius 3 is 1.58 bits per heavy atom. The largest absolute Gasteiger partial charge is 0.312 e. The van der Waals surface area contributed by atoms with Crippen LogP contribution in [0.1, 0.15) is 29.0 Å². The number of aryl methyl sites for hydroxylation is 1. The minimum atomic E-state index is -0.191. The van der Waals surface area contributed by atoms with Gasteiger partial charge in [-0.2, -0.15) is 0 Å². The second-order valence-electron chi connectivity index (χ2n) is 9.39. The highest BCUT2D eigenvalue weighted by atomic mass is 15.2. The van der Waals surface area contributed by atoms with Gasteiger partial charge in [0.2, 0.25) is 0 Å². The number of para-hydroxylation sites is 2. The summed E-state index contributed by atoms with van der Waals surface area (Å²) in [5.41, 5.74) is 13.4. The molecule has 0 radical (unpaired) electrons. The molecule has 0 bridgehead atoms. The van der Waals surface area contributed by atoms with Gasteiger partial charge in [-0.1, -0.05) is 115 Å². The van der Waals surface area contributed by atoms with Gasteiger partial charge in [0.15, 0.2) is 0 Å². The summed E-state index contributed by atoms with van der Waals surface area (Å²) in [6.07, 6.45) is -0.148. The highest BCUT2D eigenvalue weighted by Crippen LogP contribution is 2.31. The average Bonchev–Trinajstić information content (AvgIpc) is 3.32. The van der Waals surface area contributed by atoms with E-state index in [1.54, 1.807) is 0 Å². The summed E-state index contributed by atoms with van der Waals surface area (Å²) in [7, 11) is 1.92. The highest BCUT2D eigenvalue weighted by molar-refractivity contribution is 6.09. The summed E-state index contributed by atoms with van der Waals surface area (Å²) in [6, 6.07) is 46.1. The third-order valence-electron chi connectivity index (χ3n) is 6.80. The van der Waals surface area contributed by atoms with E-state index < -0.39 is 0 Å². The number of aromatic nitrogens is 1. The molecule has 0 aliphatic rings. The quantitative estimate of drug-likeness (QED) is 0.212. The molecule has 1 heterocycles. The number of nitrogens with zero attached hydrogens (tertiary/aromatic N) is 1. The topological polar surface area (TPSA) is 55.0 Å². The van der Waals surface area contributed by atoms with Crippen LogP contribution in [0.15, 0.2) is 133 Å². The molecule has 0 aliphatic heterocycles. The predicted molar refractivity (Wildman–Crippen MR) is 160 cm³/mol. The van der Waals surface area contributed by atoms with Crippen LogP contribution >= 0.6 is 0 Å². The number of hydrogen-bond donors (Lipinski definition) is 3. The van der Waals surface area contributed by atoms with Crippen molar-refractivity contribution in [2.45, 2.75) is 19.3 Å². The summed E-state index contributed by atoms with van der Waals surface area (Å²) >= 11 is 0. The Morgan fingerprint density at radius 2 is 1.05 bits per heavy atom. The van der Waals surface area contributed by atoms with Gasteiger partial charge in [-0.15, -0.1) is 0 Å². The molecule has 0 spiro atoms. The summed E-state index contributed by atoms with van der Waals surface area (Å²) in [6.45, 7) is 2.12. The van der Waals surface area contributed by atoms with Gasteiger partial charge in [0.25, 0.3) is 0 Å². The molecule has 1 aromatic heterocycles. The molecule has 2 unspecified atom stereocenters. The van der Waals surface area contributed by atoms with Crippen LogP contribution in [0.5, 0.6) is 0 Å². The minimum absolute atomic E-state index is 0.0430. The molecule has 0 fully saturated rings. The lowest BCUT2D eigenvalue weighted by atomic mass is 10.1. The van der Waals surface area contributed by atoms with Crippen molar-refractivity contribution >= 4 is 21.8 Å². The van der Waals surface area contributed by atoms with Crippen LogP contribution in [0.3, 0.4) is 0 Å². The lowest BCUT2D eigenvalue weighted by molar-refractivity contribution is 0.411. The molecule has 5 aromatic carbocycles. The molecular weight excluding hydrogens is 464 g/mol. The Hall–Kier alpha value is -4.22. The van der Waals surface area contributed by atoms with E-state index in [0.717, 1.165) is 5.56 Å². The van der Waals surface area contributed by atoms with Gasteiger partial charge in [-0.25, -0.2) is 0 Å². The fourth-order valence-corrected chi connectivity index (χ4v) is 4.82. The van der Waals surface area contributed by atoms with Gasteiger partial charge >= 0.3 is 0 Å². The molecule has 4 heteroatoms. The zero-order valence-electron chi connectivity index (χ0n) is 21.9. The molecule has 0 amide bonds. The van der Waals surface area contributed by atoms with E-state index in [4.69, 9.17) is 5.73 Å². The van der Waals surface area contributed by atoms with E-state index in [0.29, 0.717) is 0 Å². The molecular formula is C34H34N4. The average molecular weight is 499 g/mol. The third-order valence-corrected chi connectivity index (χ3v) is 6.80. The summed E-state index contributed by atoms with van der Waals surface area (Å²) < 4.78 is 2.34. The van der Waals surface area contributed by atoms with Gasteiger partial charge in [-0.05, 0) is 49.4 Å². The Balaban J connectivity index is 0.000000156. The van der Waals surface area contributed by atoms with E-state index in [9.17, 15) is 0 Å². The Bertz CT molecular complexity index is 1540. The minimum Gasteiger partial charge on any atom is -0.312 e. The molecule has 4 nitrogen and oxygen atoms in total. The van der Waals surface area contributed by atoms with Crippen molar-refractivity contribution < 1.29 is 0 Å². The monoisotopic (exact) mass is 498 g/mol. The summed E-state index contributed by atoms with van der Waals surface area (Å²) in [4.78, 5) is 0. The Morgan fingerprint density at radius 1 is 0.579 bits per heavy atom. The van der Waals surface area contributed by atoms with Crippen LogP contribution in [0.4, 0.5) is 0 Å². The van der Waals surface area contributed by atoms with Crippen molar-refractivity contribution in [3.63, 3.8) is 0 Å². The van der Waals surface area contributed by atoms with Crippen molar-refractivity contribution in [3.05, 3.63) is 150 Å². The highest BCUT2D eigenvalue weighted by Gasteiger charge is 2.13. The van der Waals surface area contributed by atoms with Crippen LogP contribution in [-0.2, 0) is 0 Å². The number of nitrogens with two attached hydrogens (primary N) is 1. The van der Waals surface area contributed by atoms with Crippen LogP contribution in [0.25, 0.3) is 27.5 Å². The van der Waals surface area contributed by atoms with Crippen molar-refractivity contribution in [3.8, 4) is 5.69 Å². The van der Waals surface area contributed by atoms with Crippen molar-refractivity contribution in [2.75, 3.05) is 7.05 Å². The maximum absolute atomic E-state index is 6.16. The first-order valence-electron chi connectivity index (χ1n) is 13.0. The number of nitrogens with one attached hydrogen (secondary N) is 2. The normalized spacial score (nSPS) is 12.6. The van der Waals surface area contributed by atoms with E-state index in [1.165, 1.54) is 38.6 Å². The Kier molecular flexibility index (Phi) is 7.95. The molecule has 38 heavy (non-hydrogen) atoms. The second kappa shape index (κ2) is 11.9. The van der Waals surface area contributed by atoms with E-state index in [-0.39, 0.29) is 12.3 Å². The zero-order valence-corrected chi connectivity index (χ0v) is 21.9. The Labute approximate surface area is 224 Å². The van der Waals surface area contributed by atoms with E-state index in [1.807, 2.05) is 55.6 Å². The summed E-state index contributed by atoms with van der Waals surface area (Å²) in [5, 5.41) is 9.21. The predicted octanol–water partition coefficient (Wildman–Crippen LogP) is 7.24. The van der Waals surface area contributed by atoms with Crippen LogP contribution in [-0.4, -0.2) is 11.6 Å². The van der Waals surface area contributed by atoms with Crippen molar-refractivity contribution in [1.29, 1.82) is 0 Å². The molecule has 0 aliphatic carbocycles. The van der Waals surface area contributed by atoms with Crippen LogP contribution < -0.4 is 16.4 Å². The molecule has 6 aromatic rings. The smallest absolute Gasteiger partial charge is 0.0847 e. The molecule has 2 atom stereocenters. The van der Waals surface area contributed by atoms with Gasteiger partial charge in [0.05, 0.1) is 23.4 Å². The van der Waals surface area contributed by atoms with E-state index >= 15 is 0 Å². The van der Waals surface area contributed by atoms with Crippen LogP contribution in [0.2, 0.25) is 0 Å². The van der Waals surface area contributed by atoms with Crippen LogP contribution in [0, 0.1) is 6.92 Å². The first kappa shape index (κ1) is 25.4. The van der Waals surface area contributed by atoms with Crippen molar-refractivity contribution in [1.82, 2.24) is 15.2 Å². The number of benzene rings is 5. The molecule has 0 saturated heterocycles. The lowest BCUT2D eigenvalue weighted by Gasteiger charge is -2.23. The zero-order chi connectivity index (χ0) is 26.3. The lowest BCUT2D eigenvalue weighted by Crippen LogP contribution is -2.38. The first-order valence-corrected chi connectivity index (χ1v) is 13.0. The fourth-order valence-electron chi connectivity index (χ4n) is 4.82. The maximum Gasteiger partial charge on any atom is 0.0847 e. The van der Waals surface area contributed by atoms with Gasteiger partial charge in [0, 0.05) is 16.5 Å². The fraction of sp³-hybridized carbons (Fsp3) is 0.118. The SMILES string of the molecule is CNC(NC(N)c1ccccc1)c1ccccc1.Cc1ccc(-n2c3ccccc3c3ccccc32)cc1. The summed E-state index contributed by atoms with van der Waals surface area (Å²) in [5.74, 6) is 0. The number of fused-ring (bicyclic) bond motifs is 3. The second-order valence-corrected chi connectivity index (χ2v) is 9.39. The molecule has 0 saturated carbocycles. The standard InChI is InChI=1S/C19H15N.C15H19N3/c1-14-10-12-15(13-11-14)20-18-8-4-2-6-16(18)17-7-3-5-9-19(17)20;1-17-15(13-10-6-3-7-11-13)18-14(16)12-8-4-2-5-9-12/h2-13H,1H3;2-11,14-15,17-18H,16H2,1H3. The number of rotatable bonds is 6. The third kappa shape index (κ3) is 5.53. The molecule has 6 rings (SSSR count). The van der Waals surface area contributed by atoms with E-state index in [2.05, 4.69) is 107 Å². The first-order chi connectivity index (χ1) is 18.7. The number of hydrogen-bond acceptors (Lipinski definition) is 3. The maximum atomic E-state index is 6.16.